The minimum Gasteiger partial charge on any atom is -0.468 e. The summed E-state index contributed by atoms with van der Waals surface area (Å²) in [6.07, 6.45) is 9.38. The molecule has 1 aromatic carbocycles. The molecule has 3 aromatic heterocycles. The first-order valence-corrected chi connectivity index (χ1v) is 11.8. The molecule has 170 valence electrons. The third-order valence-corrected chi connectivity index (χ3v) is 6.57. The SMILES string of the molecule is BC(B)(B)n1cc(-c2ccc3cnc(NC(=O)c4coc(C5CCN(C)CC5)c4)cc3c2)cn1. The van der Waals surface area contributed by atoms with Gasteiger partial charge in [0.1, 0.15) is 41.4 Å². The molecule has 0 spiro atoms. The molecular weight excluding hydrogens is 423 g/mol. The number of aromatic nitrogens is 3. The van der Waals surface area contributed by atoms with Crippen molar-refractivity contribution >= 4 is 46.0 Å². The molecule has 0 saturated carbocycles. The third-order valence-electron chi connectivity index (χ3n) is 6.57. The predicted molar refractivity (Wildman–Crippen MR) is 143 cm³/mol. The van der Waals surface area contributed by atoms with E-state index in [2.05, 4.69) is 69.2 Å². The lowest BCUT2D eigenvalue weighted by molar-refractivity contribution is 0.102. The van der Waals surface area contributed by atoms with E-state index in [1.807, 2.05) is 29.1 Å². The van der Waals surface area contributed by atoms with Crippen LogP contribution in [0.4, 0.5) is 5.82 Å². The average Bonchev–Trinajstić information content (AvgIpc) is 3.49. The lowest BCUT2D eigenvalue weighted by Gasteiger charge is -2.27. The van der Waals surface area contributed by atoms with E-state index in [1.165, 1.54) is 0 Å². The number of piperidine rings is 1. The van der Waals surface area contributed by atoms with Crippen LogP contribution in [-0.2, 0) is 5.24 Å². The number of hydrogen-bond donors (Lipinski definition) is 1. The highest BCUT2D eigenvalue weighted by atomic mass is 16.3. The van der Waals surface area contributed by atoms with E-state index in [0.717, 1.165) is 53.6 Å². The molecule has 1 saturated heterocycles. The Bertz CT molecular complexity index is 1340. The van der Waals surface area contributed by atoms with Gasteiger partial charge >= 0.3 is 0 Å². The molecule has 0 unspecified atom stereocenters. The highest BCUT2D eigenvalue weighted by Gasteiger charge is 2.22. The van der Waals surface area contributed by atoms with Gasteiger partial charge in [0, 0.05) is 29.3 Å². The van der Waals surface area contributed by atoms with Crippen molar-refractivity contribution in [3.05, 3.63) is 66.5 Å². The smallest absolute Gasteiger partial charge is 0.260 e. The maximum absolute atomic E-state index is 12.9. The fraction of sp³-hybridized carbons (Fsp3) is 0.292. The Morgan fingerprint density at radius 2 is 1.88 bits per heavy atom. The van der Waals surface area contributed by atoms with Crippen molar-refractivity contribution in [3.8, 4) is 11.1 Å². The monoisotopic (exact) mass is 451 g/mol. The van der Waals surface area contributed by atoms with Crippen LogP contribution in [0.25, 0.3) is 21.9 Å². The molecule has 4 aromatic rings. The van der Waals surface area contributed by atoms with E-state index in [0.29, 0.717) is 17.3 Å². The maximum Gasteiger partial charge on any atom is 0.260 e. The molecule has 0 bridgehead atoms. The zero-order chi connectivity index (χ0) is 23.9. The van der Waals surface area contributed by atoms with E-state index >= 15 is 0 Å². The van der Waals surface area contributed by atoms with Crippen LogP contribution < -0.4 is 5.32 Å². The van der Waals surface area contributed by atoms with Crippen LogP contribution in [0.5, 0.6) is 0 Å². The number of pyridine rings is 1. The normalized spacial score (nSPS) is 15.6. The number of hydrogen-bond acceptors (Lipinski definition) is 5. The zero-order valence-electron chi connectivity index (χ0n) is 20.2. The van der Waals surface area contributed by atoms with E-state index in [9.17, 15) is 4.79 Å². The molecule has 0 atom stereocenters. The number of amides is 1. The van der Waals surface area contributed by atoms with Crippen LogP contribution in [0.15, 0.2) is 59.6 Å². The summed E-state index contributed by atoms with van der Waals surface area (Å²) in [5, 5.41) is 9.38. The third kappa shape index (κ3) is 4.68. The number of fused-ring (bicyclic) bond motifs is 1. The van der Waals surface area contributed by atoms with Gasteiger partial charge in [-0.2, -0.15) is 5.10 Å². The summed E-state index contributed by atoms with van der Waals surface area (Å²) in [7, 11) is 8.51. The number of anilines is 1. The second kappa shape index (κ2) is 8.83. The Labute approximate surface area is 202 Å². The lowest BCUT2D eigenvalue weighted by Crippen LogP contribution is -2.35. The number of benzene rings is 1. The van der Waals surface area contributed by atoms with Crippen molar-refractivity contribution in [2.24, 2.45) is 0 Å². The van der Waals surface area contributed by atoms with Crippen LogP contribution in [0.2, 0.25) is 0 Å². The van der Waals surface area contributed by atoms with Crippen LogP contribution in [0.1, 0.15) is 34.9 Å². The van der Waals surface area contributed by atoms with Crippen molar-refractivity contribution in [2.45, 2.75) is 24.0 Å². The second-order valence-electron chi connectivity index (χ2n) is 10.2. The molecule has 0 radical (unpaired) electrons. The summed E-state index contributed by atoms with van der Waals surface area (Å²) in [6.45, 7) is 2.10. The van der Waals surface area contributed by atoms with Gasteiger partial charge in [-0.25, -0.2) is 4.98 Å². The van der Waals surface area contributed by atoms with Gasteiger partial charge in [-0.3, -0.25) is 9.48 Å². The summed E-state index contributed by atoms with van der Waals surface area (Å²) >= 11 is 0. The number of rotatable bonds is 5. The van der Waals surface area contributed by atoms with Crippen LogP contribution in [0.3, 0.4) is 0 Å². The van der Waals surface area contributed by atoms with E-state index in [1.54, 1.807) is 12.5 Å². The Kier molecular flexibility index (Phi) is 5.85. The molecular formula is C24H28B3N5O2. The van der Waals surface area contributed by atoms with Crippen molar-refractivity contribution in [3.63, 3.8) is 0 Å². The van der Waals surface area contributed by atoms with Gasteiger partial charge in [0.05, 0.1) is 11.8 Å². The molecule has 1 aliphatic heterocycles. The van der Waals surface area contributed by atoms with E-state index in [4.69, 9.17) is 4.42 Å². The lowest BCUT2D eigenvalue weighted by atomic mass is 9.49. The average molecular weight is 451 g/mol. The number of furan rings is 1. The molecule has 1 amide bonds. The maximum atomic E-state index is 12.9. The first kappa shape index (κ1) is 22.5. The quantitative estimate of drug-likeness (QED) is 0.463. The molecule has 10 heteroatoms. The summed E-state index contributed by atoms with van der Waals surface area (Å²) in [6, 6.07) is 10.00. The zero-order valence-corrected chi connectivity index (χ0v) is 20.2. The van der Waals surface area contributed by atoms with Gasteiger partial charge in [0.25, 0.3) is 5.91 Å². The molecule has 0 aliphatic carbocycles. The molecule has 34 heavy (non-hydrogen) atoms. The first-order chi connectivity index (χ1) is 16.3. The van der Waals surface area contributed by atoms with E-state index < -0.39 is 0 Å². The van der Waals surface area contributed by atoms with Crippen LogP contribution >= 0.6 is 0 Å². The Morgan fingerprint density at radius 3 is 2.62 bits per heavy atom. The summed E-state index contributed by atoms with van der Waals surface area (Å²) < 4.78 is 7.72. The summed E-state index contributed by atoms with van der Waals surface area (Å²) in [5.74, 6) is 1.57. The minimum atomic E-state index is -0.211. The Hall–Kier alpha value is -3.26. The van der Waals surface area contributed by atoms with Gasteiger partial charge in [-0.05, 0) is 67.4 Å². The topological polar surface area (TPSA) is 76.2 Å². The van der Waals surface area contributed by atoms with Crippen LogP contribution in [0, 0.1) is 0 Å². The van der Waals surface area contributed by atoms with Crippen molar-refractivity contribution < 1.29 is 9.21 Å². The summed E-state index contributed by atoms with van der Waals surface area (Å²) in [4.78, 5) is 19.6. The van der Waals surface area contributed by atoms with Gasteiger partial charge < -0.3 is 14.6 Å². The van der Waals surface area contributed by atoms with Gasteiger partial charge in [0.15, 0.2) is 0 Å². The number of carbonyl (C=O) groups is 1. The van der Waals surface area contributed by atoms with Crippen molar-refractivity contribution in [1.82, 2.24) is 19.7 Å². The molecule has 7 nitrogen and oxygen atoms in total. The fourth-order valence-corrected chi connectivity index (χ4v) is 4.40. The molecule has 1 N–H and O–H groups in total. The molecule has 1 aliphatic rings. The predicted octanol–water partition coefficient (Wildman–Crippen LogP) is 1.22. The number of likely N-dealkylation sites (tertiary alicyclic amines) is 1. The minimum absolute atomic E-state index is 0.0727. The Balaban J connectivity index is 1.33. The Morgan fingerprint density at radius 1 is 1.09 bits per heavy atom. The van der Waals surface area contributed by atoms with Gasteiger partial charge in [-0.15, -0.1) is 0 Å². The first-order valence-electron chi connectivity index (χ1n) is 11.8. The molecule has 1 fully saturated rings. The van der Waals surface area contributed by atoms with Gasteiger partial charge in [-0.1, -0.05) is 12.1 Å². The van der Waals surface area contributed by atoms with Gasteiger partial charge in [0.2, 0.25) is 0 Å². The fourth-order valence-electron chi connectivity index (χ4n) is 4.40. The van der Waals surface area contributed by atoms with E-state index in [-0.39, 0.29) is 11.1 Å². The largest absolute Gasteiger partial charge is 0.468 e. The highest BCUT2D eigenvalue weighted by molar-refractivity contribution is 6.56. The van der Waals surface area contributed by atoms with Crippen molar-refractivity contribution in [1.29, 1.82) is 0 Å². The molecule has 5 rings (SSSR count). The molecule has 4 heterocycles. The van der Waals surface area contributed by atoms with Crippen LogP contribution in [-0.4, -0.2) is 69.2 Å². The number of carbonyl (C=O) groups excluding carboxylic acids is 1. The number of nitrogens with one attached hydrogen (secondary N) is 1. The highest BCUT2D eigenvalue weighted by Crippen LogP contribution is 2.29. The second-order valence-corrected chi connectivity index (χ2v) is 10.2. The van der Waals surface area contributed by atoms with Crippen molar-refractivity contribution in [2.75, 3.05) is 25.5 Å². The number of nitrogens with zero attached hydrogens (tertiary/aromatic N) is 4. The standard InChI is InChI=1S/C24H28B3N5O2/c1-31-6-4-15(5-7-31)21-9-19(14-34-21)23(33)30-22-10-18-8-16(2-3-17(18)11-28-22)20-12-29-32(13-20)24(25,26)27/h2-3,8-15H,4-7,25-27H2,1H3,(H,28,30,33). The summed E-state index contributed by atoms with van der Waals surface area (Å²) in [5.41, 5.74) is 2.65.